The van der Waals surface area contributed by atoms with Crippen molar-refractivity contribution in [3.05, 3.63) is 35.4 Å². The number of carbonyl (C=O) groups is 1. The third-order valence-electron chi connectivity index (χ3n) is 3.84. The Morgan fingerprint density at radius 3 is 2.92 bits per heavy atom. The molecule has 1 aromatic heterocycles. The van der Waals surface area contributed by atoms with Crippen LogP contribution >= 0.6 is 11.8 Å². The molecule has 0 saturated heterocycles. The molecule has 2 N–H and O–H groups in total. The van der Waals surface area contributed by atoms with E-state index in [2.05, 4.69) is 14.8 Å². The molecular formula is C16H19FN4O2S. The molecule has 0 atom stereocenters. The van der Waals surface area contributed by atoms with Crippen molar-refractivity contribution < 1.29 is 13.9 Å². The van der Waals surface area contributed by atoms with Crippen LogP contribution in [0.25, 0.3) is 0 Å². The Hall–Kier alpha value is -2.09. The summed E-state index contributed by atoms with van der Waals surface area (Å²) in [4.78, 5) is 11.0. The van der Waals surface area contributed by atoms with Crippen molar-refractivity contribution in [1.29, 1.82) is 0 Å². The third-order valence-corrected chi connectivity index (χ3v) is 4.83. The van der Waals surface area contributed by atoms with Crippen LogP contribution in [-0.4, -0.2) is 27.8 Å². The summed E-state index contributed by atoms with van der Waals surface area (Å²) >= 11 is 1.49. The van der Waals surface area contributed by atoms with E-state index in [9.17, 15) is 9.18 Å². The number of nitrogens with zero attached hydrogens (tertiary/aromatic N) is 3. The average molecular weight is 350 g/mol. The molecule has 0 unspecified atom stereocenters. The molecule has 0 bridgehead atoms. The van der Waals surface area contributed by atoms with Crippen LogP contribution in [0.1, 0.15) is 36.7 Å². The highest BCUT2D eigenvalue weighted by atomic mass is 32.2. The molecule has 3 rings (SSSR count). The van der Waals surface area contributed by atoms with Gasteiger partial charge in [0.1, 0.15) is 17.4 Å². The summed E-state index contributed by atoms with van der Waals surface area (Å²) < 4.78 is 20.8. The number of primary amides is 1. The summed E-state index contributed by atoms with van der Waals surface area (Å²) in [5.74, 6) is 1.32. The number of ether oxygens (including phenoxy) is 1. The molecular weight excluding hydrogens is 331 g/mol. The zero-order valence-electron chi connectivity index (χ0n) is 13.4. The van der Waals surface area contributed by atoms with Crippen molar-refractivity contribution in [2.24, 2.45) is 5.73 Å². The summed E-state index contributed by atoms with van der Waals surface area (Å²) in [7, 11) is 1.57. The fourth-order valence-electron chi connectivity index (χ4n) is 2.51. The lowest BCUT2D eigenvalue weighted by molar-refractivity contribution is -0.118. The molecule has 1 fully saturated rings. The Morgan fingerprint density at radius 2 is 2.25 bits per heavy atom. The molecule has 24 heavy (non-hydrogen) atoms. The van der Waals surface area contributed by atoms with Gasteiger partial charge < -0.3 is 15.0 Å². The molecule has 0 aliphatic heterocycles. The smallest absolute Gasteiger partial charge is 0.217 e. The molecule has 8 heteroatoms. The fourth-order valence-corrected chi connectivity index (χ4v) is 3.52. The zero-order chi connectivity index (χ0) is 17.1. The van der Waals surface area contributed by atoms with Gasteiger partial charge in [0.15, 0.2) is 5.16 Å². The molecule has 1 amide bonds. The SMILES string of the molecule is COc1ccc(F)cc1CSc1nnc(CCC(N)=O)n1C1CC1. The summed E-state index contributed by atoms with van der Waals surface area (Å²) in [6.07, 6.45) is 2.91. The molecule has 2 aromatic rings. The number of rotatable bonds is 8. The maximum absolute atomic E-state index is 13.5. The standard InChI is InChI=1S/C16H19FN4O2S/c1-23-13-5-2-11(17)8-10(13)9-24-16-20-19-15(7-6-14(18)22)21(16)12-3-4-12/h2,5,8,12H,3-4,6-7,9H2,1H3,(H2,18,22). The zero-order valence-corrected chi connectivity index (χ0v) is 14.2. The largest absolute Gasteiger partial charge is 0.496 e. The monoisotopic (exact) mass is 350 g/mol. The van der Waals surface area contributed by atoms with Gasteiger partial charge in [0.05, 0.1) is 7.11 Å². The lowest BCUT2D eigenvalue weighted by atomic mass is 10.2. The number of aryl methyl sites for hydroxylation is 1. The molecule has 1 saturated carbocycles. The Bertz CT molecular complexity index is 746. The van der Waals surface area contributed by atoms with Crippen molar-refractivity contribution in [3.63, 3.8) is 0 Å². The first kappa shape index (κ1) is 16.8. The second-order valence-electron chi connectivity index (χ2n) is 5.71. The summed E-state index contributed by atoms with van der Waals surface area (Å²) in [5, 5.41) is 9.22. The number of thioether (sulfide) groups is 1. The van der Waals surface area contributed by atoms with E-state index in [1.807, 2.05) is 0 Å². The number of methoxy groups -OCH3 is 1. The highest BCUT2D eigenvalue weighted by molar-refractivity contribution is 7.98. The van der Waals surface area contributed by atoms with Gasteiger partial charge in [-0.25, -0.2) is 4.39 Å². The van der Waals surface area contributed by atoms with Crippen LogP contribution in [0.5, 0.6) is 5.75 Å². The van der Waals surface area contributed by atoms with Crippen molar-refractivity contribution in [3.8, 4) is 5.75 Å². The third kappa shape index (κ3) is 3.87. The molecule has 1 aromatic carbocycles. The van der Waals surface area contributed by atoms with Crippen LogP contribution in [0.2, 0.25) is 0 Å². The van der Waals surface area contributed by atoms with Gasteiger partial charge in [-0.15, -0.1) is 10.2 Å². The molecule has 1 aliphatic carbocycles. The van der Waals surface area contributed by atoms with Crippen LogP contribution in [0, 0.1) is 5.82 Å². The van der Waals surface area contributed by atoms with Gasteiger partial charge in [-0.2, -0.15) is 0 Å². The van der Waals surface area contributed by atoms with E-state index < -0.39 is 0 Å². The Labute approximate surface area is 143 Å². The summed E-state index contributed by atoms with van der Waals surface area (Å²) in [6.45, 7) is 0. The second-order valence-corrected chi connectivity index (χ2v) is 6.65. The molecule has 128 valence electrons. The quantitative estimate of drug-likeness (QED) is 0.740. The predicted molar refractivity (Wildman–Crippen MR) is 88.3 cm³/mol. The maximum Gasteiger partial charge on any atom is 0.217 e. The predicted octanol–water partition coefficient (Wildman–Crippen LogP) is 2.47. The van der Waals surface area contributed by atoms with Gasteiger partial charge in [-0.05, 0) is 31.0 Å². The van der Waals surface area contributed by atoms with Gasteiger partial charge in [-0.3, -0.25) is 4.79 Å². The van der Waals surface area contributed by atoms with Crippen LogP contribution < -0.4 is 10.5 Å². The van der Waals surface area contributed by atoms with Crippen molar-refractivity contribution >= 4 is 17.7 Å². The Balaban J connectivity index is 1.76. The lowest BCUT2D eigenvalue weighted by Crippen LogP contribution is -2.13. The van der Waals surface area contributed by atoms with Crippen molar-refractivity contribution in [1.82, 2.24) is 14.8 Å². The van der Waals surface area contributed by atoms with E-state index >= 15 is 0 Å². The topological polar surface area (TPSA) is 83.0 Å². The molecule has 0 spiro atoms. The number of hydrogen-bond donors (Lipinski definition) is 1. The highest BCUT2D eigenvalue weighted by Crippen LogP contribution is 2.40. The van der Waals surface area contributed by atoms with Crippen LogP contribution in [0.3, 0.4) is 0 Å². The first-order chi connectivity index (χ1) is 11.6. The fraction of sp³-hybridized carbons (Fsp3) is 0.438. The van der Waals surface area contributed by atoms with E-state index in [4.69, 9.17) is 10.5 Å². The highest BCUT2D eigenvalue weighted by Gasteiger charge is 2.29. The number of nitrogens with two attached hydrogens (primary N) is 1. The summed E-state index contributed by atoms with van der Waals surface area (Å²) in [5.41, 5.74) is 5.99. The number of benzene rings is 1. The van der Waals surface area contributed by atoms with Gasteiger partial charge in [0.2, 0.25) is 5.91 Å². The van der Waals surface area contributed by atoms with Gasteiger partial charge in [0, 0.05) is 30.2 Å². The van der Waals surface area contributed by atoms with Crippen molar-refractivity contribution in [2.45, 2.75) is 42.6 Å². The van der Waals surface area contributed by atoms with E-state index in [0.29, 0.717) is 24.0 Å². The number of amides is 1. The normalized spacial score (nSPS) is 13.9. The van der Waals surface area contributed by atoms with Crippen LogP contribution in [-0.2, 0) is 17.0 Å². The number of carbonyl (C=O) groups excluding carboxylic acids is 1. The Kier molecular flexibility index (Phi) is 5.03. The number of hydrogen-bond acceptors (Lipinski definition) is 5. The Morgan fingerprint density at radius 1 is 1.46 bits per heavy atom. The maximum atomic E-state index is 13.5. The van der Waals surface area contributed by atoms with E-state index in [1.54, 1.807) is 13.2 Å². The molecule has 1 heterocycles. The van der Waals surface area contributed by atoms with E-state index in [1.165, 1.54) is 23.9 Å². The minimum Gasteiger partial charge on any atom is -0.496 e. The van der Waals surface area contributed by atoms with E-state index in [-0.39, 0.29) is 18.1 Å². The van der Waals surface area contributed by atoms with Gasteiger partial charge >= 0.3 is 0 Å². The first-order valence-electron chi connectivity index (χ1n) is 7.75. The van der Waals surface area contributed by atoms with Crippen molar-refractivity contribution in [2.75, 3.05) is 7.11 Å². The lowest BCUT2D eigenvalue weighted by Gasteiger charge is -2.10. The summed E-state index contributed by atoms with van der Waals surface area (Å²) in [6, 6.07) is 4.86. The number of aromatic nitrogens is 3. The average Bonchev–Trinajstić information content (AvgIpc) is 3.31. The second kappa shape index (κ2) is 7.21. The van der Waals surface area contributed by atoms with Crippen LogP contribution in [0.4, 0.5) is 4.39 Å². The molecule has 0 radical (unpaired) electrons. The minimum atomic E-state index is -0.348. The van der Waals surface area contributed by atoms with Gasteiger partial charge in [0.25, 0.3) is 0 Å². The number of halogens is 1. The van der Waals surface area contributed by atoms with Crippen LogP contribution in [0.15, 0.2) is 23.4 Å². The molecule has 6 nitrogen and oxygen atoms in total. The first-order valence-corrected chi connectivity index (χ1v) is 8.74. The van der Waals surface area contributed by atoms with Gasteiger partial charge in [-0.1, -0.05) is 11.8 Å². The minimum absolute atomic E-state index is 0.257. The molecule has 1 aliphatic rings. The van der Waals surface area contributed by atoms with E-state index in [0.717, 1.165) is 29.4 Å².